The van der Waals surface area contributed by atoms with Crippen molar-refractivity contribution in [2.75, 3.05) is 0 Å². The molecule has 1 aliphatic rings. The van der Waals surface area contributed by atoms with Gasteiger partial charge in [-0.3, -0.25) is 0 Å². The van der Waals surface area contributed by atoms with Crippen LogP contribution in [0.15, 0.2) is 66.0 Å². The van der Waals surface area contributed by atoms with Crippen molar-refractivity contribution in [1.82, 2.24) is 4.90 Å². The molecule has 0 aromatic heterocycles. The van der Waals surface area contributed by atoms with Crippen LogP contribution in [0.2, 0.25) is 0 Å². The van der Waals surface area contributed by atoms with E-state index in [0.29, 0.717) is 0 Å². The Bertz CT molecular complexity index is 608. The molecular weight excluding hydrogens is 246 g/mol. The maximum Gasteiger partial charge on any atom is 0.129 e. The third-order valence-electron chi connectivity index (χ3n) is 3.10. The number of nitriles is 2. The van der Waals surface area contributed by atoms with E-state index < -0.39 is 0 Å². The van der Waals surface area contributed by atoms with E-state index in [2.05, 4.69) is 29.3 Å². The van der Waals surface area contributed by atoms with Crippen molar-refractivity contribution in [2.24, 2.45) is 0 Å². The Morgan fingerprint density at radius 1 is 1.20 bits per heavy atom. The Morgan fingerprint density at radius 3 is 2.65 bits per heavy atom. The minimum atomic E-state index is 0.131. The Hall–Kier alpha value is -2.78. The van der Waals surface area contributed by atoms with E-state index in [-0.39, 0.29) is 5.57 Å². The molecule has 2 rings (SSSR count). The number of hydrogen-bond acceptors (Lipinski definition) is 3. The minimum absolute atomic E-state index is 0.131. The van der Waals surface area contributed by atoms with Crippen LogP contribution in [0.4, 0.5) is 0 Å². The van der Waals surface area contributed by atoms with E-state index in [4.69, 9.17) is 10.5 Å². The summed E-state index contributed by atoms with van der Waals surface area (Å²) in [6.45, 7) is 0.797. The zero-order valence-corrected chi connectivity index (χ0v) is 11.2. The van der Waals surface area contributed by atoms with Crippen molar-refractivity contribution in [1.29, 1.82) is 10.5 Å². The highest BCUT2D eigenvalue weighted by Gasteiger charge is 2.10. The number of nitrogens with zero attached hydrogens (tertiary/aromatic N) is 3. The van der Waals surface area contributed by atoms with Gasteiger partial charge in [0.05, 0.1) is 0 Å². The second-order valence-corrected chi connectivity index (χ2v) is 4.50. The summed E-state index contributed by atoms with van der Waals surface area (Å²) in [4.78, 5) is 2.15. The van der Waals surface area contributed by atoms with Crippen LogP contribution in [0.5, 0.6) is 0 Å². The molecule has 98 valence electrons. The number of rotatable bonds is 3. The molecule has 0 fully saturated rings. The average molecular weight is 261 g/mol. The van der Waals surface area contributed by atoms with Crippen LogP contribution >= 0.6 is 0 Å². The van der Waals surface area contributed by atoms with Crippen LogP contribution < -0.4 is 0 Å². The van der Waals surface area contributed by atoms with Crippen molar-refractivity contribution in [3.05, 3.63) is 71.6 Å². The van der Waals surface area contributed by atoms with Gasteiger partial charge >= 0.3 is 0 Å². The van der Waals surface area contributed by atoms with E-state index in [1.807, 2.05) is 36.4 Å². The molecule has 0 N–H and O–H groups in total. The molecule has 0 bridgehead atoms. The standard InChI is InChI=1S/C17H15N3/c18-12-16(13-19)9-10-17-8-4-5-11-20(17)14-15-6-2-1-3-7-15/h1-3,5-7,9-11H,4,8,14H2. The van der Waals surface area contributed by atoms with E-state index in [1.165, 1.54) is 5.56 Å². The van der Waals surface area contributed by atoms with Gasteiger partial charge in [0.15, 0.2) is 0 Å². The van der Waals surface area contributed by atoms with Crippen LogP contribution in [0.3, 0.4) is 0 Å². The Morgan fingerprint density at radius 2 is 1.95 bits per heavy atom. The van der Waals surface area contributed by atoms with Crippen LogP contribution in [0, 0.1) is 22.7 Å². The lowest BCUT2D eigenvalue weighted by atomic mass is 10.1. The molecule has 0 saturated heterocycles. The fourth-order valence-corrected chi connectivity index (χ4v) is 2.06. The van der Waals surface area contributed by atoms with Crippen LogP contribution in [-0.2, 0) is 6.54 Å². The summed E-state index contributed by atoms with van der Waals surface area (Å²) in [5, 5.41) is 17.5. The van der Waals surface area contributed by atoms with Crippen LogP contribution in [-0.4, -0.2) is 4.90 Å². The highest BCUT2D eigenvalue weighted by Crippen LogP contribution is 2.21. The summed E-state index contributed by atoms with van der Waals surface area (Å²) < 4.78 is 0. The number of hydrogen-bond donors (Lipinski definition) is 0. The van der Waals surface area contributed by atoms with Gasteiger partial charge in [0.2, 0.25) is 0 Å². The topological polar surface area (TPSA) is 50.8 Å². The van der Waals surface area contributed by atoms with Gasteiger partial charge < -0.3 is 4.90 Å². The summed E-state index contributed by atoms with van der Waals surface area (Å²) in [6.07, 6.45) is 9.57. The van der Waals surface area contributed by atoms with Crippen molar-refractivity contribution < 1.29 is 0 Å². The minimum Gasteiger partial charge on any atom is -0.347 e. The lowest BCUT2D eigenvalue weighted by Gasteiger charge is -2.26. The molecular formula is C17H15N3. The fourth-order valence-electron chi connectivity index (χ4n) is 2.06. The van der Waals surface area contributed by atoms with E-state index in [9.17, 15) is 0 Å². The molecule has 0 unspecified atom stereocenters. The predicted octanol–water partition coefficient (Wildman–Crippen LogP) is 3.65. The van der Waals surface area contributed by atoms with Crippen LogP contribution in [0.25, 0.3) is 0 Å². The first kappa shape index (κ1) is 13.6. The normalized spacial score (nSPS) is 15.5. The first-order chi connectivity index (χ1) is 9.83. The molecule has 1 aliphatic heterocycles. The second-order valence-electron chi connectivity index (χ2n) is 4.50. The van der Waals surface area contributed by atoms with E-state index >= 15 is 0 Å². The lowest BCUT2D eigenvalue weighted by Crippen LogP contribution is -2.18. The van der Waals surface area contributed by atoms with Gasteiger partial charge in [0, 0.05) is 18.4 Å². The smallest absolute Gasteiger partial charge is 0.129 e. The summed E-state index contributed by atoms with van der Waals surface area (Å²) in [7, 11) is 0. The predicted molar refractivity (Wildman–Crippen MR) is 77.8 cm³/mol. The van der Waals surface area contributed by atoms with E-state index in [1.54, 1.807) is 6.08 Å². The van der Waals surface area contributed by atoms with Crippen molar-refractivity contribution in [3.63, 3.8) is 0 Å². The summed E-state index contributed by atoms with van der Waals surface area (Å²) in [5.41, 5.74) is 2.49. The summed E-state index contributed by atoms with van der Waals surface area (Å²) in [5.74, 6) is 0. The molecule has 0 saturated carbocycles. The number of allylic oxidation sites excluding steroid dienone is 5. The molecule has 20 heavy (non-hydrogen) atoms. The molecule has 1 aromatic rings. The zero-order valence-electron chi connectivity index (χ0n) is 11.2. The van der Waals surface area contributed by atoms with Gasteiger partial charge in [0.1, 0.15) is 17.7 Å². The highest BCUT2D eigenvalue weighted by molar-refractivity contribution is 5.39. The van der Waals surface area contributed by atoms with E-state index in [0.717, 1.165) is 25.1 Å². The van der Waals surface area contributed by atoms with Gasteiger partial charge in [-0.25, -0.2) is 0 Å². The Labute approximate surface area is 119 Å². The van der Waals surface area contributed by atoms with Gasteiger partial charge in [0.25, 0.3) is 0 Å². The molecule has 0 atom stereocenters. The molecule has 3 nitrogen and oxygen atoms in total. The third-order valence-corrected chi connectivity index (χ3v) is 3.10. The van der Waals surface area contributed by atoms with Gasteiger partial charge in [-0.15, -0.1) is 0 Å². The summed E-state index contributed by atoms with van der Waals surface area (Å²) in [6, 6.07) is 14.0. The highest BCUT2D eigenvalue weighted by atomic mass is 15.1. The molecule has 0 spiro atoms. The third kappa shape index (κ3) is 3.60. The Balaban J connectivity index is 2.18. The van der Waals surface area contributed by atoms with Crippen molar-refractivity contribution in [2.45, 2.75) is 19.4 Å². The molecule has 0 radical (unpaired) electrons. The SMILES string of the molecule is N#CC(C#N)=CC=C1CCC=CN1Cc1ccccc1. The molecule has 0 aliphatic carbocycles. The quantitative estimate of drug-likeness (QED) is 0.780. The van der Waals surface area contributed by atoms with Gasteiger partial charge in [-0.1, -0.05) is 36.4 Å². The Kier molecular flexibility index (Phi) is 4.76. The number of benzene rings is 1. The maximum absolute atomic E-state index is 8.76. The first-order valence-electron chi connectivity index (χ1n) is 6.52. The van der Waals surface area contributed by atoms with Crippen molar-refractivity contribution in [3.8, 4) is 12.1 Å². The van der Waals surface area contributed by atoms with Gasteiger partial charge in [-0.05, 0) is 30.6 Å². The second kappa shape index (κ2) is 6.97. The molecule has 1 aromatic carbocycles. The van der Waals surface area contributed by atoms with Crippen LogP contribution in [0.1, 0.15) is 18.4 Å². The van der Waals surface area contributed by atoms with Crippen molar-refractivity contribution >= 4 is 0 Å². The first-order valence-corrected chi connectivity index (χ1v) is 6.52. The zero-order chi connectivity index (χ0) is 14.2. The lowest BCUT2D eigenvalue weighted by molar-refractivity contribution is 0.424. The molecule has 3 heteroatoms. The largest absolute Gasteiger partial charge is 0.347 e. The maximum atomic E-state index is 8.76. The summed E-state index contributed by atoms with van der Waals surface area (Å²) >= 11 is 0. The average Bonchev–Trinajstić information content (AvgIpc) is 2.51. The molecule has 1 heterocycles. The monoisotopic (exact) mass is 261 g/mol. The molecule has 0 amide bonds. The fraction of sp³-hybridized carbons (Fsp3) is 0.176. The van der Waals surface area contributed by atoms with Gasteiger partial charge in [-0.2, -0.15) is 10.5 Å².